The Balaban J connectivity index is 2.06. The lowest BCUT2D eigenvalue weighted by Crippen LogP contribution is -2.15. The van der Waals surface area contributed by atoms with Gasteiger partial charge in [-0.3, -0.25) is 0 Å². The van der Waals surface area contributed by atoms with Crippen LogP contribution in [0.3, 0.4) is 0 Å². The van der Waals surface area contributed by atoms with Crippen LogP contribution in [0.1, 0.15) is 31.7 Å². The van der Waals surface area contributed by atoms with Gasteiger partial charge in [-0.15, -0.1) is 0 Å². The summed E-state index contributed by atoms with van der Waals surface area (Å²) in [4.78, 5) is 0. The van der Waals surface area contributed by atoms with E-state index in [1.807, 2.05) is 6.07 Å². The van der Waals surface area contributed by atoms with Gasteiger partial charge in [-0.1, -0.05) is 35.0 Å². The first kappa shape index (κ1) is 15.1. The minimum Gasteiger partial charge on any atom is -0.492 e. The smallest absolute Gasteiger partial charge is 0.140 e. The maximum Gasteiger partial charge on any atom is 0.140 e. The van der Waals surface area contributed by atoms with E-state index in [9.17, 15) is 0 Å². The molecule has 0 atom stereocenters. The monoisotopic (exact) mass is 387 g/mol. The third kappa shape index (κ3) is 4.93. The fraction of sp³-hybridized carbons (Fsp3) is 0.467. The van der Waals surface area contributed by atoms with Crippen molar-refractivity contribution in [1.82, 2.24) is 5.32 Å². The molecule has 104 valence electrons. The van der Waals surface area contributed by atoms with E-state index in [2.05, 4.69) is 62.3 Å². The number of ether oxygens (including phenoxy) is 1. The predicted molar refractivity (Wildman–Crippen MR) is 87.7 cm³/mol. The minimum atomic E-state index is 0.737. The summed E-state index contributed by atoms with van der Waals surface area (Å²) in [5.74, 6) is 0.924. The minimum absolute atomic E-state index is 0.737. The van der Waals surface area contributed by atoms with Gasteiger partial charge in [-0.2, -0.15) is 0 Å². The summed E-state index contributed by atoms with van der Waals surface area (Å²) in [6, 6.07) is 4.85. The molecule has 2 nitrogen and oxygen atoms in total. The highest BCUT2D eigenvalue weighted by Crippen LogP contribution is 2.33. The number of hydrogen-bond donors (Lipinski definition) is 1. The summed E-state index contributed by atoms with van der Waals surface area (Å²) in [6.45, 7) is 3.77. The average Bonchev–Trinajstić information content (AvgIpc) is 3.17. The molecule has 0 heterocycles. The summed E-state index contributed by atoms with van der Waals surface area (Å²) >= 11 is 7.09. The lowest BCUT2D eigenvalue weighted by molar-refractivity contribution is 0.315. The van der Waals surface area contributed by atoms with Crippen LogP contribution in [-0.4, -0.2) is 19.2 Å². The van der Waals surface area contributed by atoms with E-state index in [0.717, 1.165) is 45.9 Å². The summed E-state index contributed by atoms with van der Waals surface area (Å²) in [5, 5.41) is 3.47. The molecule has 0 unspecified atom stereocenters. The van der Waals surface area contributed by atoms with Crippen LogP contribution >= 0.6 is 31.9 Å². The highest BCUT2D eigenvalue weighted by Gasteiger charge is 2.19. The first-order valence-electron chi connectivity index (χ1n) is 6.72. The number of halogens is 2. The molecule has 1 fully saturated rings. The molecule has 1 aromatic rings. The lowest BCUT2D eigenvalue weighted by Gasteiger charge is -2.11. The molecule has 4 heteroatoms. The number of nitrogens with one attached hydrogen (secondary N) is 1. The van der Waals surface area contributed by atoms with Crippen LogP contribution in [0.5, 0.6) is 5.75 Å². The maximum atomic E-state index is 5.82. The van der Waals surface area contributed by atoms with Gasteiger partial charge in [-0.25, -0.2) is 0 Å². The van der Waals surface area contributed by atoms with Crippen LogP contribution in [0, 0.1) is 0 Å². The van der Waals surface area contributed by atoms with Gasteiger partial charge in [-0.05, 0) is 47.3 Å². The van der Waals surface area contributed by atoms with E-state index >= 15 is 0 Å². The fourth-order valence-electron chi connectivity index (χ4n) is 1.77. The molecule has 0 radical (unpaired) electrons. The van der Waals surface area contributed by atoms with Crippen molar-refractivity contribution in [1.29, 1.82) is 0 Å². The lowest BCUT2D eigenvalue weighted by atomic mass is 10.2. The van der Waals surface area contributed by atoms with Crippen molar-refractivity contribution in [2.75, 3.05) is 13.2 Å². The molecule has 0 spiro atoms. The molecule has 0 aliphatic heterocycles. The Morgan fingerprint density at radius 2 is 2.16 bits per heavy atom. The molecule has 1 aromatic carbocycles. The second-order valence-electron chi connectivity index (χ2n) is 4.74. The Morgan fingerprint density at radius 3 is 2.84 bits per heavy atom. The van der Waals surface area contributed by atoms with Crippen LogP contribution in [0.4, 0.5) is 0 Å². The molecule has 0 amide bonds. The van der Waals surface area contributed by atoms with Gasteiger partial charge in [0.1, 0.15) is 5.75 Å². The zero-order valence-corrected chi connectivity index (χ0v) is 14.3. The molecule has 0 aromatic heterocycles. The maximum absolute atomic E-state index is 5.82. The average molecular weight is 389 g/mol. The molecule has 1 saturated carbocycles. The number of hydrogen-bond acceptors (Lipinski definition) is 2. The molecule has 1 aliphatic rings. The van der Waals surface area contributed by atoms with Crippen molar-refractivity contribution < 1.29 is 4.74 Å². The first-order chi connectivity index (χ1) is 9.20. The van der Waals surface area contributed by atoms with Gasteiger partial charge < -0.3 is 10.1 Å². The second kappa shape index (κ2) is 7.46. The van der Waals surface area contributed by atoms with Gasteiger partial charge in [0.25, 0.3) is 0 Å². The Labute approximate surface area is 131 Å². The molecule has 0 bridgehead atoms. The molecule has 1 aliphatic carbocycles. The third-order valence-corrected chi connectivity index (χ3v) is 3.93. The van der Waals surface area contributed by atoms with Gasteiger partial charge in [0.05, 0.1) is 11.1 Å². The van der Waals surface area contributed by atoms with Crippen LogP contribution in [0.2, 0.25) is 0 Å². The molecule has 1 N–H and O–H groups in total. The van der Waals surface area contributed by atoms with Crippen molar-refractivity contribution in [3.05, 3.63) is 32.7 Å². The third-order valence-electron chi connectivity index (χ3n) is 2.89. The standard InChI is InChI=1S/C15H19Br2NO/c1-2-8-19-15-11(9-12(16)10-14(15)17)4-3-7-18-13-5-6-13/h3-4,9-10,13,18H,2,5-8H2,1H3. The predicted octanol–water partition coefficient (Wildman–Crippen LogP) is 4.77. The topological polar surface area (TPSA) is 21.3 Å². The zero-order chi connectivity index (χ0) is 13.7. The van der Waals surface area contributed by atoms with Gasteiger partial charge in [0, 0.05) is 22.6 Å². The Kier molecular flexibility index (Phi) is 5.92. The summed E-state index contributed by atoms with van der Waals surface area (Å²) in [7, 11) is 0. The highest BCUT2D eigenvalue weighted by atomic mass is 79.9. The Hall–Kier alpha value is -0.320. The normalized spacial score (nSPS) is 15.1. The summed E-state index contributed by atoms with van der Waals surface area (Å²) in [5.41, 5.74) is 1.10. The van der Waals surface area contributed by atoms with Crippen molar-refractivity contribution >= 4 is 37.9 Å². The van der Waals surface area contributed by atoms with Gasteiger partial charge in [0.2, 0.25) is 0 Å². The van der Waals surface area contributed by atoms with Crippen LogP contribution < -0.4 is 10.1 Å². The van der Waals surface area contributed by atoms with E-state index in [4.69, 9.17) is 4.74 Å². The van der Waals surface area contributed by atoms with Crippen molar-refractivity contribution in [2.45, 2.75) is 32.2 Å². The largest absolute Gasteiger partial charge is 0.492 e. The summed E-state index contributed by atoms with van der Waals surface area (Å²) in [6.07, 6.45) is 7.93. The number of rotatable bonds is 7. The molecule has 19 heavy (non-hydrogen) atoms. The zero-order valence-electron chi connectivity index (χ0n) is 11.1. The van der Waals surface area contributed by atoms with E-state index < -0.39 is 0 Å². The summed E-state index contributed by atoms with van der Waals surface area (Å²) < 4.78 is 7.87. The first-order valence-corrected chi connectivity index (χ1v) is 8.31. The van der Waals surface area contributed by atoms with E-state index in [-0.39, 0.29) is 0 Å². The Bertz CT molecular complexity index is 456. The van der Waals surface area contributed by atoms with E-state index in [1.165, 1.54) is 12.8 Å². The van der Waals surface area contributed by atoms with Crippen LogP contribution in [-0.2, 0) is 0 Å². The van der Waals surface area contributed by atoms with Crippen molar-refractivity contribution in [3.63, 3.8) is 0 Å². The molecule has 2 rings (SSSR count). The SMILES string of the molecule is CCCOc1c(Br)cc(Br)cc1C=CCNC1CC1. The van der Waals surface area contributed by atoms with Gasteiger partial charge >= 0.3 is 0 Å². The quantitative estimate of drug-likeness (QED) is 0.726. The van der Waals surface area contributed by atoms with Gasteiger partial charge in [0.15, 0.2) is 0 Å². The van der Waals surface area contributed by atoms with Crippen LogP contribution in [0.15, 0.2) is 27.2 Å². The fourth-order valence-corrected chi connectivity index (χ4v) is 3.14. The van der Waals surface area contributed by atoms with Crippen LogP contribution in [0.25, 0.3) is 6.08 Å². The molecule has 0 saturated heterocycles. The van der Waals surface area contributed by atoms with Crippen molar-refractivity contribution in [2.24, 2.45) is 0 Å². The molecular weight excluding hydrogens is 370 g/mol. The number of benzene rings is 1. The van der Waals surface area contributed by atoms with E-state index in [1.54, 1.807) is 0 Å². The highest BCUT2D eigenvalue weighted by molar-refractivity contribution is 9.11. The van der Waals surface area contributed by atoms with Crippen molar-refractivity contribution in [3.8, 4) is 5.75 Å². The second-order valence-corrected chi connectivity index (χ2v) is 6.51. The molecular formula is C15H19Br2NO. The van der Waals surface area contributed by atoms with E-state index in [0.29, 0.717) is 0 Å². The Morgan fingerprint density at radius 1 is 1.37 bits per heavy atom.